The van der Waals surface area contributed by atoms with Gasteiger partial charge in [0.2, 0.25) is 0 Å². The number of aryl methyl sites for hydroxylation is 1. The van der Waals surface area contributed by atoms with Crippen LogP contribution in [-0.2, 0) is 6.54 Å². The standard InChI is InChI=1S/C15H17N3O3/c1-11-6-15(21-18-11)9-17-8-13(19)10-20-14-4-2-12(7-16)3-5-14/h2-6,13,17,19H,8-10H2,1H3. The Bertz CT molecular complexity index is 601. The molecule has 110 valence electrons. The number of nitrogens with one attached hydrogen (secondary N) is 1. The van der Waals surface area contributed by atoms with Crippen LogP contribution >= 0.6 is 0 Å². The second-order valence-electron chi connectivity index (χ2n) is 4.67. The van der Waals surface area contributed by atoms with Crippen molar-refractivity contribution in [2.45, 2.75) is 19.6 Å². The van der Waals surface area contributed by atoms with Gasteiger partial charge in [-0.1, -0.05) is 5.16 Å². The molecule has 2 aromatic rings. The second-order valence-corrected chi connectivity index (χ2v) is 4.67. The highest BCUT2D eigenvalue weighted by Gasteiger charge is 2.06. The SMILES string of the molecule is Cc1cc(CNCC(O)COc2ccc(C#N)cc2)on1. The number of nitriles is 1. The molecule has 1 aromatic heterocycles. The lowest BCUT2D eigenvalue weighted by atomic mass is 10.2. The van der Waals surface area contributed by atoms with Crippen LogP contribution in [-0.4, -0.2) is 29.5 Å². The van der Waals surface area contributed by atoms with Crippen molar-refractivity contribution in [2.75, 3.05) is 13.2 Å². The molecule has 0 aliphatic heterocycles. The summed E-state index contributed by atoms with van der Waals surface area (Å²) in [7, 11) is 0. The Kier molecular flexibility index (Phi) is 5.32. The number of aliphatic hydroxyl groups is 1. The Morgan fingerprint density at radius 3 is 2.81 bits per heavy atom. The van der Waals surface area contributed by atoms with Crippen LogP contribution in [0.25, 0.3) is 0 Å². The van der Waals surface area contributed by atoms with Gasteiger partial charge >= 0.3 is 0 Å². The van der Waals surface area contributed by atoms with E-state index in [9.17, 15) is 5.11 Å². The lowest BCUT2D eigenvalue weighted by Gasteiger charge is -2.12. The predicted octanol–water partition coefficient (Wildman–Crippen LogP) is 1.38. The Morgan fingerprint density at radius 2 is 2.19 bits per heavy atom. The van der Waals surface area contributed by atoms with E-state index < -0.39 is 6.10 Å². The molecule has 21 heavy (non-hydrogen) atoms. The van der Waals surface area contributed by atoms with Crippen LogP contribution in [0.3, 0.4) is 0 Å². The summed E-state index contributed by atoms with van der Waals surface area (Å²) in [6.45, 7) is 2.92. The third-order valence-electron chi connectivity index (χ3n) is 2.78. The van der Waals surface area contributed by atoms with Gasteiger partial charge in [0.25, 0.3) is 0 Å². The van der Waals surface area contributed by atoms with Gasteiger partial charge in [-0.15, -0.1) is 0 Å². The maximum Gasteiger partial charge on any atom is 0.150 e. The minimum absolute atomic E-state index is 0.175. The fraction of sp³-hybridized carbons (Fsp3) is 0.333. The van der Waals surface area contributed by atoms with Gasteiger partial charge in [0, 0.05) is 12.6 Å². The van der Waals surface area contributed by atoms with Crippen LogP contribution in [0.2, 0.25) is 0 Å². The van der Waals surface area contributed by atoms with E-state index in [1.165, 1.54) is 0 Å². The lowest BCUT2D eigenvalue weighted by Crippen LogP contribution is -2.31. The normalized spacial score (nSPS) is 11.9. The summed E-state index contributed by atoms with van der Waals surface area (Å²) >= 11 is 0. The summed E-state index contributed by atoms with van der Waals surface area (Å²) < 4.78 is 10.5. The van der Waals surface area contributed by atoms with Gasteiger partial charge in [-0.3, -0.25) is 0 Å². The van der Waals surface area contributed by atoms with E-state index in [0.717, 1.165) is 11.5 Å². The zero-order chi connectivity index (χ0) is 15.1. The molecule has 0 radical (unpaired) electrons. The fourth-order valence-corrected chi connectivity index (χ4v) is 1.74. The van der Waals surface area contributed by atoms with Gasteiger partial charge in [-0.2, -0.15) is 5.26 Å². The topological polar surface area (TPSA) is 91.3 Å². The molecule has 1 aromatic carbocycles. The van der Waals surface area contributed by atoms with Gasteiger partial charge in [0.15, 0.2) is 5.76 Å². The number of ether oxygens (including phenoxy) is 1. The molecule has 0 saturated heterocycles. The molecule has 0 aliphatic rings. The summed E-state index contributed by atoms with van der Waals surface area (Å²) in [5.41, 5.74) is 1.41. The van der Waals surface area contributed by atoms with Crippen molar-refractivity contribution >= 4 is 0 Å². The van der Waals surface area contributed by atoms with E-state index in [1.54, 1.807) is 24.3 Å². The molecule has 0 fully saturated rings. The van der Waals surface area contributed by atoms with Crippen LogP contribution < -0.4 is 10.1 Å². The highest BCUT2D eigenvalue weighted by Crippen LogP contribution is 2.11. The zero-order valence-corrected chi connectivity index (χ0v) is 11.7. The maximum absolute atomic E-state index is 9.81. The highest BCUT2D eigenvalue weighted by molar-refractivity contribution is 5.34. The van der Waals surface area contributed by atoms with E-state index in [2.05, 4.69) is 10.5 Å². The van der Waals surface area contributed by atoms with Gasteiger partial charge in [-0.25, -0.2) is 0 Å². The smallest absolute Gasteiger partial charge is 0.150 e. The Morgan fingerprint density at radius 1 is 1.43 bits per heavy atom. The number of hydrogen-bond acceptors (Lipinski definition) is 6. The molecule has 0 amide bonds. The molecular weight excluding hydrogens is 270 g/mol. The van der Waals surface area contributed by atoms with Crippen molar-refractivity contribution < 1.29 is 14.4 Å². The van der Waals surface area contributed by atoms with Crippen molar-refractivity contribution in [2.24, 2.45) is 0 Å². The predicted molar refractivity (Wildman–Crippen MR) is 75.6 cm³/mol. The first-order chi connectivity index (χ1) is 10.2. The number of nitrogens with zero attached hydrogens (tertiary/aromatic N) is 2. The average Bonchev–Trinajstić information content (AvgIpc) is 2.91. The molecule has 1 atom stereocenters. The van der Waals surface area contributed by atoms with Crippen LogP contribution in [0.5, 0.6) is 5.75 Å². The van der Waals surface area contributed by atoms with E-state index in [1.807, 2.05) is 19.1 Å². The number of hydrogen-bond donors (Lipinski definition) is 2. The average molecular weight is 287 g/mol. The number of aliphatic hydroxyl groups excluding tert-OH is 1. The maximum atomic E-state index is 9.81. The number of benzene rings is 1. The van der Waals surface area contributed by atoms with Gasteiger partial charge < -0.3 is 19.7 Å². The van der Waals surface area contributed by atoms with Crippen molar-refractivity contribution in [3.05, 3.63) is 47.3 Å². The Balaban J connectivity index is 1.67. The minimum atomic E-state index is -0.635. The first-order valence-electron chi connectivity index (χ1n) is 6.61. The summed E-state index contributed by atoms with van der Waals surface area (Å²) in [6, 6.07) is 10.6. The number of aromatic nitrogens is 1. The monoisotopic (exact) mass is 287 g/mol. The largest absolute Gasteiger partial charge is 0.491 e. The van der Waals surface area contributed by atoms with Crippen molar-refractivity contribution in [1.29, 1.82) is 5.26 Å². The zero-order valence-electron chi connectivity index (χ0n) is 11.7. The summed E-state index contributed by atoms with van der Waals surface area (Å²) in [4.78, 5) is 0. The molecule has 6 nitrogen and oxygen atoms in total. The molecule has 0 bridgehead atoms. The van der Waals surface area contributed by atoms with Crippen LogP contribution in [0.15, 0.2) is 34.9 Å². The molecular formula is C15H17N3O3. The molecule has 1 heterocycles. The van der Waals surface area contributed by atoms with Crippen LogP contribution in [0.4, 0.5) is 0 Å². The first-order valence-corrected chi connectivity index (χ1v) is 6.61. The Hall–Kier alpha value is -2.36. The van der Waals surface area contributed by atoms with Crippen LogP contribution in [0, 0.1) is 18.3 Å². The summed E-state index contributed by atoms with van der Waals surface area (Å²) in [6.07, 6.45) is -0.635. The Labute approximate surface area is 122 Å². The van der Waals surface area contributed by atoms with Crippen molar-refractivity contribution in [1.82, 2.24) is 10.5 Å². The summed E-state index contributed by atoms with van der Waals surface area (Å²) in [5.74, 6) is 1.35. The molecule has 0 saturated carbocycles. The highest BCUT2D eigenvalue weighted by atomic mass is 16.5. The van der Waals surface area contributed by atoms with Crippen molar-refractivity contribution in [3.63, 3.8) is 0 Å². The quantitative estimate of drug-likeness (QED) is 0.799. The third kappa shape index (κ3) is 4.91. The van der Waals surface area contributed by atoms with E-state index in [-0.39, 0.29) is 6.61 Å². The van der Waals surface area contributed by atoms with Gasteiger partial charge in [-0.05, 0) is 31.2 Å². The van der Waals surface area contributed by atoms with Gasteiger partial charge in [0.05, 0.1) is 23.9 Å². The molecule has 0 aliphatic carbocycles. The van der Waals surface area contributed by atoms with Crippen molar-refractivity contribution in [3.8, 4) is 11.8 Å². The minimum Gasteiger partial charge on any atom is -0.491 e. The first kappa shape index (κ1) is 15.0. The number of rotatable bonds is 7. The molecule has 2 rings (SSSR count). The van der Waals surface area contributed by atoms with E-state index in [4.69, 9.17) is 14.5 Å². The van der Waals surface area contributed by atoms with Gasteiger partial charge in [0.1, 0.15) is 18.5 Å². The molecule has 1 unspecified atom stereocenters. The molecule has 6 heteroatoms. The van der Waals surface area contributed by atoms with Crippen LogP contribution in [0.1, 0.15) is 17.0 Å². The third-order valence-corrected chi connectivity index (χ3v) is 2.78. The molecule has 0 spiro atoms. The molecule has 2 N–H and O–H groups in total. The fourth-order valence-electron chi connectivity index (χ4n) is 1.74. The summed E-state index contributed by atoms with van der Waals surface area (Å²) in [5, 5.41) is 25.3. The lowest BCUT2D eigenvalue weighted by molar-refractivity contribution is 0.105. The van der Waals surface area contributed by atoms with E-state index in [0.29, 0.717) is 24.4 Å². The second kappa shape index (κ2) is 7.43. The van der Waals surface area contributed by atoms with E-state index >= 15 is 0 Å².